The van der Waals surface area contributed by atoms with Crippen LogP contribution in [0.2, 0.25) is 5.02 Å². The molecule has 1 atom stereocenters. The molecule has 0 bridgehead atoms. The Morgan fingerprint density at radius 3 is 2.24 bits per heavy atom. The van der Waals surface area contributed by atoms with Gasteiger partial charge in [-0.15, -0.1) is 0 Å². The summed E-state index contributed by atoms with van der Waals surface area (Å²) >= 11 is 6.42. The molecular weight excluding hydrogens is 448 g/mol. The second-order valence-electron chi connectivity index (χ2n) is 8.58. The minimum Gasteiger partial charge on any atom is -0.484 e. The highest BCUT2D eigenvalue weighted by atomic mass is 35.5. The fourth-order valence-electron chi connectivity index (χ4n) is 3.61. The molecule has 1 N–H and O–H groups in total. The molecule has 0 aliphatic rings. The summed E-state index contributed by atoms with van der Waals surface area (Å²) in [6.45, 7) is 5.80. The third kappa shape index (κ3) is 7.35. The predicted octanol–water partition coefficient (Wildman–Crippen LogP) is 5.19. The Bertz CT molecular complexity index is 1080. The van der Waals surface area contributed by atoms with E-state index in [1.165, 1.54) is 0 Å². The van der Waals surface area contributed by atoms with Gasteiger partial charge in [0.2, 0.25) is 5.91 Å². The summed E-state index contributed by atoms with van der Waals surface area (Å²) in [4.78, 5) is 28.4. The number of amides is 2. The number of halogens is 1. The normalized spacial score (nSPS) is 11.7. The zero-order chi connectivity index (χ0) is 24.5. The monoisotopic (exact) mass is 478 g/mol. The van der Waals surface area contributed by atoms with Crippen LogP contribution in [-0.2, 0) is 22.6 Å². The van der Waals surface area contributed by atoms with E-state index in [-0.39, 0.29) is 31.0 Å². The molecule has 34 heavy (non-hydrogen) atoms. The second kappa shape index (κ2) is 12.2. The molecule has 0 aliphatic carbocycles. The van der Waals surface area contributed by atoms with E-state index >= 15 is 0 Å². The smallest absolute Gasteiger partial charge is 0.261 e. The van der Waals surface area contributed by atoms with Crippen LogP contribution in [0, 0.1) is 6.92 Å². The average Bonchev–Trinajstić information content (AvgIpc) is 2.82. The summed E-state index contributed by atoms with van der Waals surface area (Å²) in [5.74, 6) is 0.0952. The van der Waals surface area contributed by atoms with E-state index in [0.29, 0.717) is 17.2 Å². The van der Waals surface area contributed by atoms with Crippen LogP contribution < -0.4 is 10.1 Å². The number of carbonyl (C=O) groups excluding carboxylic acids is 2. The first-order valence-corrected chi connectivity index (χ1v) is 11.8. The number of nitrogens with zero attached hydrogens (tertiary/aromatic N) is 1. The summed E-state index contributed by atoms with van der Waals surface area (Å²) in [5, 5.41) is 3.52. The van der Waals surface area contributed by atoms with Gasteiger partial charge < -0.3 is 15.0 Å². The molecule has 0 fully saturated rings. The van der Waals surface area contributed by atoms with Crippen LogP contribution in [-0.4, -0.2) is 35.4 Å². The Morgan fingerprint density at radius 1 is 0.941 bits per heavy atom. The second-order valence-corrected chi connectivity index (χ2v) is 8.99. The fraction of sp³-hybridized carbons (Fsp3) is 0.286. The van der Waals surface area contributed by atoms with Crippen LogP contribution >= 0.6 is 11.6 Å². The molecule has 0 aliphatic heterocycles. The summed E-state index contributed by atoms with van der Waals surface area (Å²) in [6, 6.07) is 23.8. The number of hydrogen-bond donors (Lipinski definition) is 1. The minimum atomic E-state index is -0.727. The highest BCUT2D eigenvalue weighted by Gasteiger charge is 2.31. The molecule has 5 nitrogen and oxygen atoms in total. The van der Waals surface area contributed by atoms with Crippen molar-refractivity contribution in [2.45, 2.75) is 45.8 Å². The Kier molecular flexibility index (Phi) is 9.11. The summed E-state index contributed by atoms with van der Waals surface area (Å²) in [5.41, 5.74) is 2.83. The molecule has 0 spiro atoms. The molecule has 0 saturated heterocycles. The molecule has 0 aromatic heterocycles. The van der Waals surface area contributed by atoms with Crippen molar-refractivity contribution in [2.75, 3.05) is 6.61 Å². The largest absolute Gasteiger partial charge is 0.484 e. The van der Waals surface area contributed by atoms with Crippen molar-refractivity contribution in [3.63, 3.8) is 0 Å². The molecule has 3 aromatic rings. The van der Waals surface area contributed by atoms with Crippen molar-refractivity contribution in [3.8, 4) is 5.75 Å². The van der Waals surface area contributed by atoms with Crippen LogP contribution in [0.1, 0.15) is 30.5 Å². The number of benzene rings is 3. The minimum absolute atomic E-state index is 0.0631. The van der Waals surface area contributed by atoms with Crippen LogP contribution in [0.15, 0.2) is 78.9 Å². The van der Waals surface area contributed by atoms with Crippen LogP contribution in [0.3, 0.4) is 0 Å². The Hall–Kier alpha value is -3.31. The van der Waals surface area contributed by atoms with E-state index in [2.05, 4.69) is 5.32 Å². The number of carbonyl (C=O) groups is 2. The van der Waals surface area contributed by atoms with Crippen molar-refractivity contribution < 1.29 is 14.3 Å². The van der Waals surface area contributed by atoms with Gasteiger partial charge in [0.25, 0.3) is 5.91 Å². The first kappa shape index (κ1) is 25.3. The van der Waals surface area contributed by atoms with E-state index < -0.39 is 6.04 Å². The van der Waals surface area contributed by atoms with Crippen LogP contribution in [0.4, 0.5) is 0 Å². The van der Waals surface area contributed by atoms with Gasteiger partial charge in [0.05, 0.1) is 0 Å². The van der Waals surface area contributed by atoms with Gasteiger partial charge in [-0.3, -0.25) is 9.59 Å². The molecule has 3 rings (SSSR count). The van der Waals surface area contributed by atoms with E-state index in [1.54, 1.807) is 11.0 Å². The third-order valence-corrected chi connectivity index (χ3v) is 5.75. The lowest BCUT2D eigenvalue weighted by atomic mass is 10.0. The van der Waals surface area contributed by atoms with E-state index in [0.717, 1.165) is 16.7 Å². The molecular formula is C28H31ClN2O3. The molecule has 0 radical (unpaired) electrons. The van der Waals surface area contributed by atoms with Crippen LogP contribution in [0.5, 0.6) is 5.75 Å². The average molecular weight is 479 g/mol. The quantitative estimate of drug-likeness (QED) is 0.436. The van der Waals surface area contributed by atoms with Gasteiger partial charge in [-0.2, -0.15) is 0 Å². The first-order valence-electron chi connectivity index (χ1n) is 11.4. The van der Waals surface area contributed by atoms with Crippen molar-refractivity contribution >= 4 is 23.4 Å². The van der Waals surface area contributed by atoms with Gasteiger partial charge in [-0.25, -0.2) is 0 Å². The molecule has 3 aromatic carbocycles. The molecule has 1 unspecified atom stereocenters. The predicted molar refractivity (Wildman–Crippen MR) is 136 cm³/mol. The molecule has 178 valence electrons. The van der Waals surface area contributed by atoms with E-state index in [4.69, 9.17) is 16.3 Å². The summed E-state index contributed by atoms with van der Waals surface area (Å²) in [6.07, 6.45) is 0.375. The molecule has 6 heteroatoms. The lowest BCUT2D eigenvalue weighted by Gasteiger charge is -2.32. The lowest BCUT2D eigenvalue weighted by Crippen LogP contribution is -2.52. The summed E-state index contributed by atoms with van der Waals surface area (Å²) < 4.78 is 5.78. The number of hydrogen-bond acceptors (Lipinski definition) is 3. The van der Waals surface area contributed by atoms with Gasteiger partial charge in [0.15, 0.2) is 6.61 Å². The van der Waals surface area contributed by atoms with Gasteiger partial charge >= 0.3 is 0 Å². The van der Waals surface area contributed by atoms with Crippen molar-refractivity contribution in [1.29, 1.82) is 0 Å². The van der Waals surface area contributed by atoms with Crippen molar-refractivity contribution in [1.82, 2.24) is 10.2 Å². The first-order chi connectivity index (χ1) is 16.3. The third-order valence-electron chi connectivity index (χ3n) is 5.38. The molecule has 0 saturated carbocycles. The topological polar surface area (TPSA) is 58.6 Å². The number of ether oxygens (including phenoxy) is 1. The highest BCUT2D eigenvalue weighted by Crippen LogP contribution is 2.21. The fourth-order valence-corrected chi connectivity index (χ4v) is 3.80. The Balaban J connectivity index is 1.91. The maximum absolute atomic E-state index is 13.5. The SMILES string of the molecule is Cc1ccc(OCC(=O)N(Cc2ccccc2Cl)C(Cc2ccccc2)C(=O)NC(C)C)cc1. The van der Waals surface area contributed by atoms with Gasteiger partial charge in [0, 0.05) is 24.0 Å². The molecule has 0 heterocycles. The highest BCUT2D eigenvalue weighted by molar-refractivity contribution is 6.31. The van der Waals surface area contributed by atoms with Crippen LogP contribution in [0.25, 0.3) is 0 Å². The standard InChI is InChI=1S/C28H31ClN2O3/c1-20(2)30-28(33)26(17-22-9-5-4-6-10-22)31(18-23-11-7-8-12-25(23)29)27(32)19-34-24-15-13-21(3)14-16-24/h4-16,20,26H,17-19H2,1-3H3,(H,30,33). The zero-order valence-electron chi connectivity index (χ0n) is 19.8. The van der Waals surface area contributed by atoms with Crippen molar-refractivity contribution in [3.05, 3.63) is 101 Å². The summed E-state index contributed by atoms with van der Waals surface area (Å²) in [7, 11) is 0. The van der Waals surface area contributed by atoms with Crippen molar-refractivity contribution in [2.24, 2.45) is 0 Å². The van der Waals surface area contributed by atoms with Gasteiger partial charge in [0.1, 0.15) is 11.8 Å². The maximum Gasteiger partial charge on any atom is 0.261 e. The molecule has 2 amide bonds. The zero-order valence-corrected chi connectivity index (χ0v) is 20.6. The van der Waals surface area contributed by atoms with Gasteiger partial charge in [-0.05, 0) is 50.1 Å². The number of aryl methyl sites for hydroxylation is 1. The van der Waals surface area contributed by atoms with E-state index in [1.807, 2.05) is 93.6 Å². The Morgan fingerprint density at radius 2 is 1.59 bits per heavy atom. The maximum atomic E-state index is 13.5. The number of nitrogens with one attached hydrogen (secondary N) is 1. The van der Waals surface area contributed by atoms with E-state index in [9.17, 15) is 9.59 Å². The van der Waals surface area contributed by atoms with Gasteiger partial charge in [-0.1, -0.05) is 77.8 Å². The number of rotatable bonds is 10. The lowest BCUT2D eigenvalue weighted by molar-refractivity contribution is -0.143. The Labute approximate surface area is 206 Å².